The van der Waals surface area contributed by atoms with Crippen LogP contribution in [-0.2, 0) is 10.9 Å². The highest BCUT2D eigenvalue weighted by Gasteiger charge is 2.38. The second-order valence-electron chi connectivity index (χ2n) is 9.60. The van der Waals surface area contributed by atoms with Gasteiger partial charge in [0.25, 0.3) is 11.5 Å². The second-order valence-corrected chi connectivity index (χ2v) is 9.60. The number of aromatic nitrogens is 3. The Hall–Kier alpha value is -3.47. The van der Waals surface area contributed by atoms with Crippen LogP contribution in [-0.4, -0.2) is 52.1 Å². The number of aromatic amines is 1. The highest BCUT2D eigenvalue weighted by Crippen LogP contribution is 2.36. The van der Waals surface area contributed by atoms with E-state index in [0.717, 1.165) is 6.07 Å². The molecule has 0 spiro atoms. The van der Waals surface area contributed by atoms with Gasteiger partial charge in [0.1, 0.15) is 17.7 Å². The van der Waals surface area contributed by atoms with Crippen LogP contribution < -0.4 is 10.3 Å². The molecule has 0 saturated carbocycles. The Morgan fingerprint density at radius 3 is 2.32 bits per heavy atom. The number of fused-ring (bicyclic) bond motifs is 1. The van der Waals surface area contributed by atoms with Crippen molar-refractivity contribution in [3.05, 3.63) is 63.3 Å². The molecule has 1 unspecified atom stereocenters. The lowest BCUT2D eigenvalue weighted by atomic mass is 9.88. The molecule has 1 fully saturated rings. The molecule has 1 N–H and O–H groups in total. The smallest absolute Gasteiger partial charge is 0.433 e. The van der Waals surface area contributed by atoms with Gasteiger partial charge in [-0.25, -0.2) is 9.97 Å². The fourth-order valence-electron chi connectivity index (χ4n) is 5.02. The van der Waals surface area contributed by atoms with Crippen LogP contribution in [0.2, 0.25) is 0 Å². The lowest BCUT2D eigenvalue weighted by Gasteiger charge is -2.40. The summed E-state index contributed by atoms with van der Waals surface area (Å²) in [7, 11) is 1.68. The van der Waals surface area contributed by atoms with Crippen molar-refractivity contribution in [2.24, 2.45) is 11.8 Å². The number of carbonyl (C=O) groups excluding carboxylic acids is 1. The van der Waals surface area contributed by atoms with Crippen molar-refractivity contribution in [1.29, 1.82) is 0 Å². The fourth-order valence-corrected chi connectivity index (χ4v) is 5.02. The minimum absolute atomic E-state index is 0.0642. The zero-order chi connectivity index (χ0) is 27.1. The normalized spacial score (nSPS) is 21.2. The first kappa shape index (κ1) is 26.6. The number of ether oxygens (including phenoxy) is 2. The number of hydrogen-bond donors (Lipinski definition) is 1. The van der Waals surface area contributed by atoms with E-state index in [9.17, 15) is 22.8 Å². The molecular weight excluding hydrogens is 489 g/mol. The molecule has 1 amide bonds. The van der Waals surface area contributed by atoms with Crippen LogP contribution in [0.15, 0.2) is 35.1 Å². The lowest BCUT2D eigenvalue weighted by Crippen LogP contribution is -2.50. The third kappa shape index (κ3) is 5.46. The Bertz CT molecular complexity index is 1340. The first-order valence-electron chi connectivity index (χ1n) is 12.0. The number of piperidine rings is 1. The van der Waals surface area contributed by atoms with E-state index in [1.807, 2.05) is 13.8 Å². The maximum atomic E-state index is 13.8. The maximum absolute atomic E-state index is 13.8. The Morgan fingerprint density at radius 2 is 1.76 bits per heavy atom. The van der Waals surface area contributed by atoms with Gasteiger partial charge in [-0.3, -0.25) is 9.59 Å². The van der Waals surface area contributed by atoms with E-state index in [2.05, 4.69) is 15.0 Å². The molecule has 1 saturated heterocycles. The average molecular weight is 519 g/mol. The van der Waals surface area contributed by atoms with E-state index in [0.29, 0.717) is 18.7 Å². The molecule has 3 aromatic rings. The molecule has 0 radical (unpaired) electrons. The highest BCUT2D eigenvalue weighted by atomic mass is 19.4. The summed E-state index contributed by atoms with van der Waals surface area (Å²) in [6.45, 7) is 8.14. The van der Waals surface area contributed by atoms with Gasteiger partial charge in [0.2, 0.25) is 0 Å². The molecule has 198 valence electrons. The summed E-state index contributed by atoms with van der Waals surface area (Å²) in [6, 6.07) is 7.37. The molecule has 11 heteroatoms. The molecule has 1 aliphatic rings. The predicted molar refractivity (Wildman–Crippen MR) is 130 cm³/mol. The summed E-state index contributed by atoms with van der Waals surface area (Å²) < 4.78 is 52.8. The number of halogens is 3. The molecule has 1 aromatic carbocycles. The molecule has 8 nitrogen and oxygen atoms in total. The van der Waals surface area contributed by atoms with Gasteiger partial charge in [-0.1, -0.05) is 13.8 Å². The highest BCUT2D eigenvalue weighted by molar-refractivity contribution is 5.94. The van der Waals surface area contributed by atoms with Crippen LogP contribution in [0, 0.1) is 18.8 Å². The quantitative estimate of drug-likeness (QED) is 0.533. The fraction of sp³-hybridized carbons (Fsp3) is 0.462. The average Bonchev–Trinajstić information content (AvgIpc) is 2.82. The molecule has 2 aromatic heterocycles. The molecule has 0 aliphatic carbocycles. The number of carbonyl (C=O) groups is 1. The standard InChI is InChI=1S/C26H29F3N4O4/c1-13-11-33(12-14(2)21(13)36-5)25(35)17-6-8-18(9-7-17)37-15(3)19-10-20-23(30-16(4)31-24(20)34)32-22(19)26(27,28)29/h6-10,13-15,21H,11-12H2,1-5H3,(H,30,31,32,34)/t13-,14+,15-,21?/m0/s1. The van der Waals surface area contributed by atoms with Crippen LogP contribution >= 0.6 is 0 Å². The van der Waals surface area contributed by atoms with Gasteiger partial charge in [0.05, 0.1) is 11.5 Å². The van der Waals surface area contributed by atoms with Crippen molar-refractivity contribution in [3.8, 4) is 5.75 Å². The number of aryl methyl sites for hydroxylation is 1. The van der Waals surface area contributed by atoms with E-state index >= 15 is 0 Å². The number of rotatable bonds is 5. The van der Waals surface area contributed by atoms with Crippen molar-refractivity contribution >= 4 is 16.9 Å². The van der Waals surface area contributed by atoms with Gasteiger partial charge in [-0.2, -0.15) is 13.2 Å². The second kappa shape index (κ2) is 10.1. The number of pyridine rings is 1. The predicted octanol–water partition coefficient (Wildman–Crippen LogP) is 4.53. The third-order valence-electron chi connectivity index (χ3n) is 6.66. The Balaban J connectivity index is 1.56. The Labute approximate surface area is 211 Å². The summed E-state index contributed by atoms with van der Waals surface area (Å²) in [4.78, 5) is 37.2. The van der Waals surface area contributed by atoms with Gasteiger partial charge >= 0.3 is 6.18 Å². The van der Waals surface area contributed by atoms with Crippen LogP contribution in [0.1, 0.15) is 54.3 Å². The first-order valence-corrected chi connectivity index (χ1v) is 12.0. The lowest BCUT2D eigenvalue weighted by molar-refractivity contribution is -0.142. The number of methoxy groups -OCH3 is 1. The number of likely N-dealkylation sites (tertiary alicyclic amines) is 1. The maximum Gasteiger partial charge on any atom is 0.433 e. The van der Waals surface area contributed by atoms with Crippen LogP contribution in [0.3, 0.4) is 0 Å². The molecule has 1 aliphatic heterocycles. The van der Waals surface area contributed by atoms with Gasteiger partial charge in [0.15, 0.2) is 11.3 Å². The Morgan fingerprint density at radius 1 is 1.14 bits per heavy atom. The largest absolute Gasteiger partial charge is 0.486 e. The first-order chi connectivity index (χ1) is 17.4. The minimum Gasteiger partial charge on any atom is -0.486 e. The monoisotopic (exact) mass is 518 g/mol. The van der Waals surface area contributed by atoms with Crippen molar-refractivity contribution in [1.82, 2.24) is 19.9 Å². The number of benzene rings is 1. The van der Waals surface area contributed by atoms with Crippen molar-refractivity contribution in [2.45, 2.75) is 46.1 Å². The number of H-pyrrole nitrogens is 1. The van der Waals surface area contributed by atoms with Gasteiger partial charge in [-0.05, 0) is 44.2 Å². The van der Waals surface area contributed by atoms with Gasteiger partial charge in [0, 0.05) is 43.2 Å². The summed E-state index contributed by atoms with van der Waals surface area (Å²) in [5.41, 5.74) is -1.88. The van der Waals surface area contributed by atoms with E-state index in [1.165, 1.54) is 26.0 Å². The molecule has 37 heavy (non-hydrogen) atoms. The minimum atomic E-state index is -4.78. The molecular formula is C26H29F3N4O4. The summed E-state index contributed by atoms with van der Waals surface area (Å²) in [5, 5.41) is -0.0642. The van der Waals surface area contributed by atoms with E-state index in [4.69, 9.17) is 9.47 Å². The number of hydrogen-bond acceptors (Lipinski definition) is 6. The SMILES string of the molecule is COC1[C@H](C)CN(C(=O)c2ccc(O[C@@H](C)c3cc4c(=O)[nH]c(C)nc4nc3C(F)(F)F)cc2)C[C@@H]1C. The molecule has 3 heterocycles. The Kier molecular flexibility index (Phi) is 7.27. The van der Waals surface area contributed by atoms with Crippen molar-refractivity contribution in [3.63, 3.8) is 0 Å². The summed E-state index contributed by atoms with van der Waals surface area (Å²) >= 11 is 0. The number of alkyl halides is 3. The number of nitrogens with one attached hydrogen (secondary N) is 1. The zero-order valence-corrected chi connectivity index (χ0v) is 21.2. The van der Waals surface area contributed by atoms with Gasteiger partial charge in [-0.15, -0.1) is 0 Å². The van der Waals surface area contributed by atoms with Crippen LogP contribution in [0.4, 0.5) is 13.2 Å². The van der Waals surface area contributed by atoms with Crippen molar-refractivity contribution < 1.29 is 27.4 Å². The topological polar surface area (TPSA) is 97.4 Å². The van der Waals surface area contributed by atoms with E-state index < -0.39 is 23.5 Å². The number of nitrogens with zero attached hydrogens (tertiary/aromatic N) is 3. The van der Waals surface area contributed by atoms with Gasteiger partial charge < -0.3 is 19.4 Å². The summed E-state index contributed by atoms with van der Waals surface area (Å²) in [5.74, 6) is 0.676. The third-order valence-corrected chi connectivity index (χ3v) is 6.66. The summed E-state index contributed by atoms with van der Waals surface area (Å²) in [6.07, 6.45) is -5.78. The number of amides is 1. The van der Waals surface area contributed by atoms with Crippen LogP contribution in [0.5, 0.6) is 5.75 Å². The zero-order valence-electron chi connectivity index (χ0n) is 21.2. The van der Waals surface area contributed by atoms with Crippen LogP contribution in [0.25, 0.3) is 11.0 Å². The molecule has 4 rings (SSSR count). The molecule has 4 atom stereocenters. The van der Waals surface area contributed by atoms with Crippen molar-refractivity contribution in [2.75, 3.05) is 20.2 Å². The van der Waals surface area contributed by atoms with E-state index in [1.54, 1.807) is 24.1 Å². The molecule has 0 bridgehead atoms. The van der Waals surface area contributed by atoms with E-state index in [-0.39, 0.29) is 52.0 Å².